The summed E-state index contributed by atoms with van der Waals surface area (Å²) in [5, 5.41) is 0. The van der Waals surface area contributed by atoms with E-state index in [9.17, 15) is 9.59 Å². The Bertz CT molecular complexity index is 208. The molecule has 0 aromatic carbocycles. The Morgan fingerprint density at radius 3 is 2.38 bits per heavy atom. The van der Waals surface area contributed by atoms with Gasteiger partial charge in [0.05, 0.1) is 12.2 Å². The number of rotatable bonds is 6. The Morgan fingerprint density at radius 1 is 1.31 bits per heavy atom. The van der Waals surface area contributed by atoms with E-state index >= 15 is 0 Å². The first kappa shape index (κ1) is 11.8. The molecule has 0 radical (unpaired) electrons. The maximum absolute atomic E-state index is 10.9. The van der Waals surface area contributed by atoms with Crippen LogP contribution in [0, 0.1) is 0 Å². The van der Waals surface area contributed by atoms with Crippen LogP contribution < -0.4 is 0 Å². The molecule has 0 aromatic heterocycles. The van der Waals surface area contributed by atoms with Gasteiger partial charge in [0.15, 0.2) is 5.78 Å². The fraction of sp³-hybridized carbons (Fsp3) is 0.556. The van der Waals surface area contributed by atoms with Crippen molar-refractivity contribution in [3.8, 4) is 0 Å². The number of hydrogen-bond acceptors (Lipinski definition) is 4. The van der Waals surface area contributed by atoms with Crippen molar-refractivity contribution in [3.05, 3.63) is 12.2 Å². The van der Waals surface area contributed by atoms with Crippen LogP contribution in [0.5, 0.6) is 0 Å². The Labute approximate surface area is 77.5 Å². The molecule has 0 N–H and O–H groups in total. The topological polar surface area (TPSA) is 52.6 Å². The zero-order chi connectivity index (χ0) is 10.3. The zero-order valence-corrected chi connectivity index (χ0v) is 7.96. The third-order valence-corrected chi connectivity index (χ3v) is 1.34. The molecule has 4 heteroatoms. The van der Waals surface area contributed by atoms with E-state index in [1.165, 1.54) is 6.92 Å². The summed E-state index contributed by atoms with van der Waals surface area (Å²) in [5.41, 5.74) is -0.128. The third kappa shape index (κ3) is 5.14. The van der Waals surface area contributed by atoms with Crippen LogP contribution in [-0.2, 0) is 19.1 Å². The molecule has 74 valence electrons. The summed E-state index contributed by atoms with van der Waals surface area (Å²) in [6.07, 6.45) is 0. The number of Topliss-reactive ketones (excluding diaryl/α,β-unsaturated/α-hetero) is 1. The number of carbonyl (C=O) groups is 2. The smallest absolute Gasteiger partial charge is 0.341 e. The van der Waals surface area contributed by atoms with Crippen molar-refractivity contribution in [3.63, 3.8) is 0 Å². The Kier molecular flexibility index (Phi) is 5.80. The summed E-state index contributed by atoms with van der Waals surface area (Å²) < 4.78 is 9.62. The molecule has 0 atom stereocenters. The lowest BCUT2D eigenvalue weighted by atomic mass is 10.2. The van der Waals surface area contributed by atoms with Crippen LogP contribution >= 0.6 is 0 Å². The Hall–Kier alpha value is -1.16. The molecule has 0 aliphatic carbocycles. The average molecular weight is 186 g/mol. The molecular weight excluding hydrogens is 172 g/mol. The molecule has 0 saturated heterocycles. The van der Waals surface area contributed by atoms with Gasteiger partial charge in [-0.1, -0.05) is 6.58 Å². The van der Waals surface area contributed by atoms with Crippen LogP contribution in [0.1, 0.15) is 13.8 Å². The van der Waals surface area contributed by atoms with E-state index in [4.69, 9.17) is 4.74 Å². The summed E-state index contributed by atoms with van der Waals surface area (Å²) in [5.74, 6) is -1.05. The molecule has 0 aromatic rings. The standard InChI is InChI=1S/C9H14O4/c1-4-12-5-6-13-9(11)7(2)8(3)10/h2,4-6H2,1,3H3. The normalized spacial score (nSPS) is 9.38. The predicted octanol–water partition coefficient (Wildman–Crippen LogP) is 0.711. The highest BCUT2D eigenvalue weighted by molar-refractivity contribution is 6.15. The second kappa shape index (κ2) is 6.37. The lowest BCUT2D eigenvalue weighted by molar-refractivity contribution is -0.141. The van der Waals surface area contributed by atoms with Crippen LogP contribution in [0.4, 0.5) is 0 Å². The van der Waals surface area contributed by atoms with Crippen molar-refractivity contribution < 1.29 is 19.1 Å². The molecule has 0 unspecified atom stereocenters. The van der Waals surface area contributed by atoms with Crippen LogP contribution in [0.3, 0.4) is 0 Å². The van der Waals surface area contributed by atoms with Crippen molar-refractivity contribution in [2.75, 3.05) is 19.8 Å². The van der Waals surface area contributed by atoms with Gasteiger partial charge in [0.25, 0.3) is 0 Å². The molecule has 0 bridgehead atoms. The van der Waals surface area contributed by atoms with Crippen molar-refractivity contribution >= 4 is 11.8 Å². The first-order chi connectivity index (χ1) is 6.09. The summed E-state index contributed by atoms with van der Waals surface area (Å²) in [6, 6.07) is 0. The van der Waals surface area contributed by atoms with E-state index in [1.54, 1.807) is 0 Å². The van der Waals surface area contributed by atoms with Gasteiger partial charge in [0.1, 0.15) is 6.61 Å². The maximum Gasteiger partial charge on any atom is 0.341 e. The lowest BCUT2D eigenvalue weighted by Crippen LogP contribution is -2.15. The van der Waals surface area contributed by atoms with Gasteiger partial charge < -0.3 is 9.47 Å². The molecule has 0 aliphatic rings. The van der Waals surface area contributed by atoms with E-state index < -0.39 is 5.97 Å². The predicted molar refractivity (Wildman–Crippen MR) is 47.3 cm³/mol. The second-order valence-corrected chi connectivity index (χ2v) is 2.37. The molecule has 0 aliphatic heterocycles. The van der Waals surface area contributed by atoms with Gasteiger partial charge in [-0.15, -0.1) is 0 Å². The van der Waals surface area contributed by atoms with Crippen LogP contribution in [-0.4, -0.2) is 31.6 Å². The third-order valence-electron chi connectivity index (χ3n) is 1.34. The molecule has 0 fully saturated rings. The molecule has 0 saturated carbocycles. The summed E-state index contributed by atoms with van der Waals surface area (Å²) in [6.45, 7) is 7.47. The molecule has 0 heterocycles. The fourth-order valence-electron chi connectivity index (χ4n) is 0.568. The van der Waals surface area contributed by atoms with Gasteiger partial charge in [-0.25, -0.2) is 4.79 Å². The average Bonchev–Trinajstić information content (AvgIpc) is 2.10. The fourth-order valence-corrected chi connectivity index (χ4v) is 0.568. The Balaban J connectivity index is 3.63. The van der Waals surface area contributed by atoms with Gasteiger partial charge in [-0.05, 0) is 13.8 Å². The van der Waals surface area contributed by atoms with Gasteiger partial charge in [0.2, 0.25) is 0 Å². The van der Waals surface area contributed by atoms with Gasteiger partial charge in [-0.3, -0.25) is 4.79 Å². The number of hydrogen-bond donors (Lipinski definition) is 0. The van der Waals surface area contributed by atoms with E-state index in [-0.39, 0.29) is 18.0 Å². The molecule has 0 rings (SSSR count). The molecular formula is C9H14O4. The molecule has 13 heavy (non-hydrogen) atoms. The highest BCUT2D eigenvalue weighted by Crippen LogP contribution is 1.95. The van der Waals surface area contributed by atoms with Crippen LogP contribution in [0.25, 0.3) is 0 Å². The van der Waals surface area contributed by atoms with Crippen molar-refractivity contribution in [2.45, 2.75) is 13.8 Å². The summed E-state index contributed by atoms with van der Waals surface area (Å²) in [4.78, 5) is 21.6. The molecule has 0 amide bonds. The SMILES string of the molecule is C=C(C(C)=O)C(=O)OCCOCC. The zero-order valence-electron chi connectivity index (χ0n) is 7.96. The van der Waals surface area contributed by atoms with Crippen LogP contribution in [0.2, 0.25) is 0 Å². The first-order valence-electron chi connectivity index (χ1n) is 4.04. The van der Waals surface area contributed by atoms with Crippen molar-refractivity contribution in [1.29, 1.82) is 0 Å². The van der Waals surface area contributed by atoms with Gasteiger partial charge >= 0.3 is 5.97 Å². The minimum absolute atomic E-state index is 0.128. The minimum atomic E-state index is -0.674. The number of ketones is 1. The highest BCUT2D eigenvalue weighted by atomic mass is 16.6. The lowest BCUT2D eigenvalue weighted by Gasteiger charge is -2.04. The quantitative estimate of drug-likeness (QED) is 0.201. The second-order valence-electron chi connectivity index (χ2n) is 2.37. The number of ether oxygens (including phenoxy) is 2. The van der Waals surface area contributed by atoms with E-state index in [2.05, 4.69) is 11.3 Å². The van der Waals surface area contributed by atoms with E-state index in [1.807, 2.05) is 6.92 Å². The minimum Gasteiger partial charge on any atom is -0.460 e. The van der Waals surface area contributed by atoms with Crippen molar-refractivity contribution in [2.24, 2.45) is 0 Å². The van der Waals surface area contributed by atoms with Gasteiger partial charge in [0, 0.05) is 6.61 Å². The number of carbonyl (C=O) groups excluding carboxylic acids is 2. The summed E-state index contributed by atoms with van der Waals surface area (Å²) in [7, 11) is 0. The number of esters is 1. The first-order valence-corrected chi connectivity index (χ1v) is 4.04. The largest absolute Gasteiger partial charge is 0.460 e. The summed E-state index contributed by atoms with van der Waals surface area (Å²) >= 11 is 0. The van der Waals surface area contributed by atoms with Gasteiger partial charge in [-0.2, -0.15) is 0 Å². The van der Waals surface area contributed by atoms with E-state index in [0.29, 0.717) is 13.2 Å². The Morgan fingerprint density at radius 2 is 1.92 bits per heavy atom. The molecule has 4 nitrogen and oxygen atoms in total. The van der Waals surface area contributed by atoms with E-state index in [0.717, 1.165) is 0 Å². The van der Waals surface area contributed by atoms with Crippen molar-refractivity contribution in [1.82, 2.24) is 0 Å². The van der Waals surface area contributed by atoms with Crippen LogP contribution in [0.15, 0.2) is 12.2 Å². The maximum atomic E-state index is 10.9. The highest BCUT2D eigenvalue weighted by Gasteiger charge is 2.12. The molecule has 0 spiro atoms. The monoisotopic (exact) mass is 186 g/mol.